The Bertz CT molecular complexity index is 1640. The summed E-state index contributed by atoms with van der Waals surface area (Å²) in [7, 11) is 1.63. The average molecular weight is 565 g/mol. The summed E-state index contributed by atoms with van der Waals surface area (Å²) in [5, 5.41) is 7.13. The van der Waals surface area contributed by atoms with Crippen molar-refractivity contribution in [1.29, 1.82) is 0 Å². The third kappa shape index (κ3) is 4.81. The number of fused-ring (bicyclic) bond motifs is 7. The lowest BCUT2D eigenvalue weighted by atomic mass is 9.89. The number of nitrogens with one attached hydrogen (secondary N) is 3. The predicted molar refractivity (Wildman–Crippen MR) is 161 cm³/mol. The second-order valence-electron chi connectivity index (χ2n) is 11.2. The van der Waals surface area contributed by atoms with Gasteiger partial charge in [0.05, 0.1) is 13.2 Å². The van der Waals surface area contributed by atoms with Crippen molar-refractivity contribution in [1.82, 2.24) is 20.5 Å². The number of para-hydroxylation sites is 1. The van der Waals surface area contributed by atoms with Crippen molar-refractivity contribution in [2.75, 3.05) is 13.7 Å². The highest BCUT2D eigenvalue weighted by molar-refractivity contribution is 6.04. The molecule has 4 aromatic rings. The average Bonchev–Trinajstić information content (AvgIpc) is 3.54. The van der Waals surface area contributed by atoms with Crippen LogP contribution in [0.2, 0.25) is 0 Å². The second kappa shape index (κ2) is 11.4. The number of H-pyrrole nitrogens is 1. The lowest BCUT2D eigenvalue weighted by Gasteiger charge is -2.38. The SMILES string of the molecule is CCC(C)[C@H](NC(=O)[C@@H]1Cc2c([nH]c3ccccc23)C2c3ccccc3C(=O)N21)C(=O)NCCc1ccc(OC)cc1. The van der Waals surface area contributed by atoms with Crippen LogP contribution in [0.15, 0.2) is 72.8 Å². The number of benzene rings is 3. The first kappa shape index (κ1) is 27.6. The van der Waals surface area contributed by atoms with Crippen molar-refractivity contribution in [2.45, 2.75) is 51.2 Å². The fourth-order valence-corrected chi connectivity index (χ4v) is 6.32. The number of aromatic amines is 1. The molecule has 8 nitrogen and oxygen atoms in total. The van der Waals surface area contributed by atoms with E-state index >= 15 is 0 Å². The molecule has 3 heterocycles. The highest BCUT2D eigenvalue weighted by Gasteiger charge is 2.49. The van der Waals surface area contributed by atoms with Gasteiger partial charge in [-0.3, -0.25) is 14.4 Å². The van der Waals surface area contributed by atoms with Gasteiger partial charge in [-0.1, -0.05) is 68.8 Å². The predicted octanol–water partition coefficient (Wildman–Crippen LogP) is 4.54. The van der Waals surface area contributed by atoms with Gasteiger partial charge in [-0.15, -0.1) is 0 Å². The Morgan fingerprint density at radius 2 is 1.79 bits per heavy atom. The molecule has 2 aliphatic rings. The molecule has 216 valence electrons. The van der Waals surface area contributed by atoms with E-state index in [0.29, 0.717) is 31.4 Å². The maximum absolute atomic E-state index is 14.1. The van der Waals surface area contributed by atoms with Gasteiger partial charge in [-0.05, 0) is 53.3 Å². The molecule has 8 heteroatoms. The van der Waals surface area contributed by atoms with E-state index in [1.54, 1.807) is 12.0 Å². The largest absolute Gasteiger partial charge is 0.497 e. The van der Waals surface area contributed by atoms with Crippen molar-refractivity contribution >= 4 is 28.6 Å². The smallest absolute Gasteiger partial charge is 0.255 e. The van der Waals surface area contributed by atoms with Crippen molar-refractivity contribution in [3.05, 3.63) is 101 Å². The van der Waals surface area contributed by atoms with Crippen LogP contribution in [0.25, 0.3) is 10.9 Å². The Labute approximate surface area is 245 Å². The molecule has 0 saturated heterocycles. The van der Waals surface area contributed by atoms with Crippen molar-refractivity contribution in [3.8, 4) is 5.75 Å². The zero-order valence-electron chi connectivity index (χ0n) is 24.1. The molecule has 0 fully saturated rings. The molecule has 42 heavy (non-hydrogen) atoms. The number of aromatic nitrogens is 1. The Kier molecular flexibility index (Phi) is 7.45. The van der Waals surface area contributed by atoms with Crippen molar-refractivity contribution in [3.63, 3.8) is 0 Å². The summed E-state index contributed by atoms with van der Waals surface area (Å²) in [5.74, 6) is -0.00441. The van der Waals surface area contributed by atoms with Gasteiger partial charge < -0.3 is 25.3 Å². The number of amides is 3. The summed E-state index contributed by atoms with van der Waals surface area (Å²) in [4.78, 5) is 46.5. The van der Waals surface area contributed by atoms with Crippen molar-refractivity contribution in [2.24, 2.45) is 5.92 Å². The minimum atomic E-state index is -0.750. The molecule has 2 unspecified atom stereocenters. The molecule has 4 atom stereocenters. The lowest BCUT2D eigenvalue weighted by Crippen LogP contribution is -2.58. The Morgan fingerprint density at radius 1 is 1.05 bits per heavy atom. The van der Waals surface area contributed by atoms with Gasteiger partial charge >= 0.3 is 0 Å². The van der Waals surface area contributed by atoms with Crippen LogP contribution >= 0.6 is 0 Å². The molecule has 0 aliphatic carbocycles. The molecule has 0 radical (unpaired) electrons. The van der Waals surface area contributed by atoms with E-state index in [1.807, 2.05) is 80.6 Å². The topological polar surface area (TPSA) is 104 Å². The number of carbonyl (C=O) groups is 3. The number of nitrogens with zero attached hydrogens (tertiary/aromatic N) is 1. The van der Waals surface area contributed by atoms with E-state index in [9.17, 15) is 14.4 Å². The summed E-state index contributed by atoms with van der Waals surface area (Å²) in [6.45, 7) is 4.41. The van der Waals surface area contributed by atoms with Crippen molar-refractivity contribution < 1.29 is 19.1 Å². The van der Waals surface area contributed by atoms with E-state index in [-0.39, 0.29) is 29.7 Å². The summed E-state index contributed by atoms with van der Waals surface area (Å²) in [5.41, 5.74) is 5.56. The molecule has 0 saturated carbocycles. The third-order valence-corrected chi connectivity index (χ3v) is 8.82. The minimum Gasteiger partial charge on any atom is -0.497 e. The molecule has 3 N–H and O–H groups in total. The summed E-state index contributed by atoms with van der Waals surface area (Å²) >= 11 is 0. The van der Waals surface area contributed by atoms with E-state index in [1.165, 1.54) is 0 Å². The molecule has 0 bridgehead atoms. The third-order valence-electron chi connectivity index (χ3n) is 8.82. The van der Waals surface area contributed by atoms with Gasteiger partial charge in [0, 0.05) is 35.1 Å². The Balaban J connectivity index is 1.24. The van der Waals surface area contributed by atoms with Crippen LogP contribution < -0.4 is 15.4 Å². The number of rotatable bonds is 9. The van der Waals surface area contributed by atoms with Crippen LogP contribution in [0, 0.1) is 5.92 Å². The molecule has 3 amide bonds. The normalized spacial score (nSPS) is 18.5. The fourth-order valence-electron chi connectivity index (χ4n) is 6.32. The number of ether oxygens (including phenoxy) is 1. The first-order valence-corrected chi connectivity index (χ1v) is 14.6. The maximum atomic E-state index is 14.1. The first-order chi connectivity index (χ1) is 20.4. The summed E-state index contributed by atoms with van der Waals surface area (Å²) < 4.78 is 5.22. The highest BCUT2D eigenvalue weighted by atomic mass is 16.5. The monoisotopic (exact) mass is 564 g/mol. The van der Waals surface area contributed by atoms with Crippen LogP contribution in [0.1, 0.15) is 59.1 Å². The van der Waals surface area contributed by atoms with E-state index in [4.69, 9.17) is 4.74 Å². The molecule has 6 rings (SSSR count). The quantitative estimate of drug-likeness (QED) is 0.278. The van der Waals surface area contributed by atoms with E-state index in [2.05, 4.69) is 21.7 Å². The van der Waals surface area contributed by atoms with Gasteiger partial charge in [0.1, 0.15) is 17.8 Å². The molecular weight excluding hydrogens is 528 g/mol. The van der Waals surface area contributed by atoms with Crippen LogP contribution in [0.5, 0.6) is 5.75 Å². The molecule has 1 aromatic heterocycles. The Hall–Kier alpha value is -4.59. The van der Waals surface area contributed by atoms with E-state index in [0.717, 1.165) is 39.0 Å². The van der Waals surface area contributed by atoms with Gasteiger partial charge in [-0.25, -0.2) is 0 Å². The van der Waals surface area contributed by atoms with Gasteiger partial charge in [-0.2, -0.15) is 0 Å². The summed E-state index contributed by atoms with van der Waals surface area (Å²) in [6.07, 6.45) is 1.74. The Morgan fingerprint density at radius 3 is 2.55 bits per heavy atom. The number of hydrogen-bond donors (Lipinski definition) is 3. The highest BCUT2D eigenvalue weighted by Crippen LogP contribution is 2.46. The molecule has 3 aromatic carbocycles. The van der Waals surface area contributed by atoms with Gasteiger partial charge in [0.2, 0.25) is 11.8 Å². The maximum Gasteiger partial charge on any atom is 0.255 e. The number of methoxy groups -OCH3 is 1. The standard InChI is InChI=1S/C34H36N4O4/c1-4-20(2)29(33(40)35-18-17-21-13-15-22(42-3)16-14-21)37-32(39)28-19-26-23-9-7-8-12-27(23)36-30(26)31-24-10-5-6-11-25(24)34(41)38(28)31/h5-16,20,28-29,31,36H,4,17-19H2,1-3H3,(H,35,40)(H,37,39)/t20?,28-,29-,31?/m0/s1. The van der Waals surface area contributed by atoms with E-state index < -0.39 is 12.1 Å². The molecule has 0 spiro atoms. The van der Waals surface area contributed by atoms with Gasteiger partial charge in [0.15, 0.2) is 0 Å². The zero-order valence-corrected chi connectivity index (χ0v) is 24.1. The van der Waals surface area contributed by atoms with Crippen LogP contribution in [-0.4, -0.2) is 53.3 Å². The van der Waals surface area contributed by atoms with Gasteiger partial charge in [0.25, 0.3) is 5.91 Å². The number of hydrogen-bond acceptors (Lipinski definition) is 4. The fraction of sp³-hybridized carbons (Fsp3) is 0.324. The first-order valence-electron chi connectivity index (χ1n) is 14.6. The molecular formula is C34H36N4O4. The van der Waals surface area contributed by atoms with Crippen LogP contribution in [0.3, 0.4) is 0 Å². The van der Waals surface area contributed by atoms with Crippen LogP contribution in [0.4, 0.5) is 0 Å². The lowest BCUT2D eigenvalue weighted by molar-refractivity contribution is -0.133. The number of carbonyl (C=O) groups excluding carboxylic acids is 3. The second-order valence-corrected chi connectivity index (χ2v) is 11.2. The minimum absolute atomic E-state index is 0.0931. The summed E-state index contributed by atoms with van der Waals surface area (Å²) in [6, 6.07) is 21.5. The molecule has 2 aliphatic heterocycles. The zero-order chi connectivity index (χ0) is 29.4. The van der Waals surface area contributed by atoms with Crippen LogP contribution in [-0.2, 0) is 22.4 Å².